The molecule has 5 nitrogen and oxygen atoms in total. The Bertz CT molecular complexity index is 476. The molecule has 5 heteroatoms. The molecule has 2 N–H and O–H groups in total. The number of carboxylic acid groups (broad SMARTS) is 1. The molecule has 1 aromatic rings. The summed E-state index contributed by atoms with van der Waals surface area (Å²) in [6, 6.07) is 6.43. The van der Waals surface area contributed by atoms with Gasteiger partial charge in [0.05, 0.1) is 11.1 Å². The minimum absolute atomic E-state index is 0.0240. The van der Waals surface area contributed by atoms with E-state index in [9.17, 15) is 9.59 Å². The Balaban J connectivity index is 2.80. The van der Waals surface area contributed by atoms with Crippen LogP contribution in [0.3, 0.4) is 0 Å². The van der Waals surface area contributed by atoms with E-state index >= 15 is 0 Å². The summed E-state index contributed by atoms with van der Waals surface area (Å²) >= 11 is 0. The first kappa shape index (κ1) is 16.2. The molecule has 110 valence electrons. The highest BCUT2D eigenvalue weighted by Gasteiger charge is 2.19. The lowest BCUT2D eigenvalue weighted by Crippen LogP contribution is -2.43. The molecule has 20 heavy (non-hydrogen) atoms. The number of carboxylic acids is 1. The maximum atomic E-state index is 12.1. The Hall–Kier alpha value is -1.88. The van der Waals surface area contributed by atoms with E-state index in [-0.39, 0.29) is 23.1 Å². The molecule has 0 aromatic heterocycles. The van der Waals surface area contributed by atoms with Gasteiger partial charge in [-0.25, -0.2) is 4.79 Å². The number of carbonyl (C=O) groups excluding carboxylic acids is 1. The lowest BCUT2D eigenvalue weighted by atomic mass is 10.0. The van der Waals surface area contributed by atoms with E-state index in [2.05, 4.69) is 19.2 Å². The largest absolute Gasteiger partial charge is 0.478 e. The van der Waals surface area contributed by atoms with Crippen LogP contribution in [0.15, 0.2) is 24.3 Å². The number of nitrogens with one attached hydrogen (secondary N) is 1. The molecule has 0 aliphatic heterocycles. The summed E-state index contributed by atoms with van der Waals surface area (Å²) < 4.78 is 0. The molecule has 0 heterocycles. The van der Waals surface area contributed by atoms with Crippen LogP contribution in [0.2, 0.25) is 0 Å². The van der Waals surface area contributed by atoms with Crippen molar-refractivity contribution >= 4 is 11.9 Å². The van der Waals surface area contributed by atoms with E-state index < -0.39 is 5.97 Å². The highest BCUT2D eigenvalue weighted by Crippen LogP contribution is 2.10. The summed E-state index contributed by atoms with van der Waals surface area (Å²) in [5.41, 5.74) is 0.220. The van der Waals surface area contributed by atoms with Gasteiger partial charge in [0.1, 0.15) is 0 Å². The Morgan fingerprint density at radius 1 is 1.20 bits per heavy atom. The second kappa shape index (κ2) is 7.05. The Labute approximate surface area is 119 Å². The van der Waals surface area contributed by atoms with Crippen LogP contribution in [0.1, 0.15) is 34.6 Å². The van der Waals surface area contributed by atoms with E-state index in [4.69, 9.17) is 5.11 Å². The van der Waals surface area contributed by atoms with Crippen LogP contribution in [-0.2, 0) is 0 Å². The monoisotopic (exact) mass is 278 g/mol. The first-order valence-electron chi connectivity index (χ1n) is 6.61. The number of nitrogens with zero attached hydrogens (tertiary/aromatic N) is 1. The van der Waals surface area contributed by atoms with Crippen molar-refractivity contribution in [3.8, 4) is 0 Å². The second-order valence-electron chi connectivity index (χ2n) is 5.34. The summed E-state index contributed by atoms with van der Waals surface area (Å²) in [5, 5.41) is 11.9. The predicted octanol–water partition coefficient (Wildman–Crippen LogP) is 1.70. The fourth-order valence-electron chi connectivity index (χ4n) is 2.17. The van der Waals surface area contributed by atoms with Crippen molar-refractivity contribution in [2.75, 3.05) is 20.6 Å². The van der Waals surface area contributed by atoms with Gasteiger partial charge in [-0.05, 0) is 32.1 Å². The van der Waals surface area contributed by atoms with E-state index in [1.54, 1.807) is 12.1 Å². The molecule has 0 spiro atoms. The van der Waals surface area contributed by atoms with Gasteiger partial charge < -0.3 is 15.3 Å². The average Bonchev–Trinajstić information content (AvgIpc) is 2.37. The average molecular weight is 278 g/mol. The standard InChI is InChI=1S/C15H22N2O3/c1-10(2)13(17(3)4)9-16-14(18)11-7-5-6-8-12(11)15(19)20/h5-8,10,13H,9H2,1-4H3,(H,16,18)(H,19,20). The second-order valence-corrected chi connectivity index (χ2v) is 5.34. The third-order valence-corrected chi connectivity index (χ3v) is 3.31. The molecule has 0 aliphatic carbocycles. The quantitative estimate of drug-likeness (QED) is 0.831. The lowest BCUT2D eigenvalue weighted by molar-refractivity contribution is 0.0690. The smallest absolute Gasteiger partial charge is 0.336 e. The first-order valence-corrected chi connectivity index (χ1v) is 6.61. The molecule has 1 rings (SSSR count). The number of amides is 1. The zero-order chi connectivity index (χ0) is 15.3. The number of carbonyl (C=O) groups is 2. The van der Waals surface area contributed by atoms with Gasteiger partial charge in [0.15, 0.2) is 0 Å². The lowest BCUT2D eigenvalue weighted by Gasteiger charge is -2.28. The van der Waals surface area contributed by atoms with E-state index in [0.29, 0.717) is 12.5 Å². The predicted molar refractivity (Wildman–Crippen MR) is 78.0 cm³/mol. The fourth-order valence-corrected chi connectivity index (χ4v) is 2.17. The van der Waals surface area contributed by atoms with Crippen molar-refractivity contribution in [3.63, 3.8) is 0 Å². The SMILES string of the molecule is CC(C)C(CNC(=O)c1ccccc1C(=O)O)N(C)C. The van der Waals surface area contributed by atoms with E-state index in [1.807, 2.05) is 19.0 Å². The minimum atomic E-state index is -1.09. The van der Waals surface area contributed by atoms with Crippen LogP contribution in [0.5, 0.6) is 0 Å². The topological polar surface area (TPSA) is 69.6 Å². The molecule has 1 amide bonds. The summed E-state index contributed by atoms with van der Waals surface area (Å²) in [5.74, 6) is -1.06. The normalized spacial score (nSPS) is 12.5. The van der Waals surface area contributed by atoms with Crippen molar-refractivity contribution in [3.05, 3.63) is 35.4 Å². The van der Waals surface area contributed by atoms with Gasteiger partial charge in [-0.2, -0.15) is 0 Å². The number of rotatable bonds is 6. The fraction of sp³-hybridized carbons (Fsp3) is 0.467. The molecular formula is C15H22N2O3. The Morgan fingerprint density at radius 2 is 1.75 bits per heavy atom. The zero-order valence-electron chi connectivity index (χ0n) is 12.4. The van der Waals surface area contributed by atoms with Crippen LogP contribution in [-0.4, -0.2) is 48.6 Å². The number of hydrogen-bond donors (Lipinski definition) is 2. The highest BCUT2D eigenvalue weighted by molar-refractivity contribution is 6.04. The third-order valence-electron chi connectivity index (χ3n) is 3.31. The Morgan fingerprint density at radius 3 is 2.20 bits per heavy atom. The third kappa shape index (κ3) is 4.06. The first-order chi connectivity index (χ1) is 9.34. The van der Waals surface area contributed by atoms with Gasteiger partial charge in [-0.1, -0.05) is 26.0 Å². The number of hydrogen-bond acceptors (Lipinski definition) is 3. The summed E-state index contributed by atoms with van der Waals surface area (Å²) in [7, 11) is 3.92. The van der Waals surface area contributed by atoms with Crippen molar-refractivity contribution in [2.24, 2.45) is 5.92 Å². The summed E-state index contributed by atoms with van der Waals surface area (Å²) in [6.07, 6.45) is 0. The van der Waals surface area contributed by atoms with Crippen molar-refractivity contribution in [1.82, 2.24) is 10.2 Å². The van der Waals surface area contributed by atoms with Crippen LogP contribution < -0.4 is 5.32 Å². The molecule has 1 atom stereocenters. The van der Waals surface area contributed by atoms with E-state index in [1.165, 1.54) is 12.1 Å². The molecule has 0 aliphatic rings. The molecule has 0 saturated heterocycles. The number of benzene rings is 1. The van der Waals surface area contributed by atoms with Gasteiger partial charge >= 0.3 is 5.97 Å². The van der Waals surface area contributed by atoms with Gasteiger partial charge in [0.25, 0.3) is 5.91 Å². The van der Waals surface area contributed by atoms with Crippen LogP contribution in [0.25, 0.3) is 0 Å². The summed E-state index contributed by atoms with van der Waals surface area (Å²) in [6.45, 7) is 4.65. The highest BCUT2D eigenvalue weighted by atomic mass is 16.4. The number of likely N-dealkylation sites (N-methyl/N-ethyl adjacent to an activating group) is 1. The van der Waals surface area contributed by atoms with Crippen molar-refractivity contribution < 1.29 is 14.7 Å². The maximum absolute atomic E-state index is 12.1. The zero-order valence-corrected chi connectivity index (χ0v) is 12.4. The van der Waals surface area contributed by atoms with Crippen molar-refractivity contribution in [1.29, 1.82) is 0 Å². The van der Waals surface area contributed by atoms with Gasteiger partial charge in [-0.15, -0.1) is 0 Å². The molecule has 1 unspecified atom stereocenters. The molecule has 0 bridgehead atoms. The Kier molecular flexibility index (Phi) is 5.70. The van der Waals surface area contributed by atoms with Crippen LogP contribution in [0, 0.1) is 5.92 Å². The molecule has 0 saturated carbocycles. The molecule has 1 aromatic carbocycles. The minimum Gasteiger partial charge on any atom is -0.478 e. The molecule has 0 fully saturated rings. The summed E-state index contributed by atoms with van der Waals surface area (Å²) in [4.78, 5) is 25.3. The number of aromatic carboxylic acids is 1. The van der Waals surface area contributed by atoms with Crippen LogP contribution >= 0.6 is 0 Å². The van der Waals surface area contributed by atoms with Gasteiger partial charge in [0.2, 0.25) is 0 Å². The maximum Gasteiger partial charge on any atom is 0.336 e. The van der Waals surface area contributed by atoms with Crippen molar-refractivity contribution in [2.45, 2.75) is 19.9 Å². The van der Waals surface area contributed by atoms with Gasteiger partial charge in [-0.3, -0.25) is 4.79 Å². The molecule has 0 radical (unpaired) electrons. The molecular weight excluding hydrogens is 256 g/mol. The van der Waals surface area contributed by atoms with Crippen LogP contribution in [0.4, 0.5) is 0 Å². The van der Waals surface area contributed by atoms with E-state index in [0.717, 1.165) is 0 Å². The van der Waals surface area contributed by atoms with Gasteiger partial charge in [0, 0.05) is 12.6 Å².